The number of amides is 1. The number of piperidine rings is 1. The summed E-state index contributed by atoms with van der Waals surface area (Å²) < 4.78 is 1.89. The van der Waals surface area contributed by atoms with Gasteiger partial charge in [-0.3, -0.25) is 19.3 Å². The van der Waals surface area contributed by atoms with Gasteiger partial charge in [-0.2, -0.15) is 0 Å². The van der Waals surface area contributed by atoms with E-state index in [1.165, 1.54) is 4.90 Å². The molecule has 34 heavy (non-hydrogen) atoms. The summed E-state index contributed by atoms with van der Waals surface area (Å²) in [6, 6.07) is 18.3. The number of benzene rings is 2. The number of imidazole rings is 1. The first-order valence-electron chi connectivity index (χ1n) is 11.4. The predicted octanol–water partition coefficient (Wildman–Crippen LogP) is 2.91. The van der Waals surface area contributed by atoms with E-state index in [4.69, 9.17) is 0 Å². The molecular formula is C27H30N4O3. The van der Waals surface area contributed by atoms with Gasteiger partial charge >= 0.3 is 0 Å². The highest BCUT2D eigenvalue weighted by Crippen LogP contribution is 2.40. The van der Waals surface area contributed by atoms with Gasteiger partial charge in [0.2, 0.25) is 5.91 Å². The molecule has 1 saturated heterocycles. The quantitative estimate of drug-likeness (QED) is 0.509. The van der Waals surface area contributed by atoms with Crippen LogP contribution >= 0.6 is 0 Å². The Bertz CT molecular complexity index is 1100. The number of carbonyl (C=O) groups excluding carboxylic acids is 3. The van der Waals surface area contributed by atoms with Crippen molar-refractivity contribution in [3.63, 3.8) is 0 Å². The zero-order valence-corrected chi connectivity index (χ0v) is 19.8. The highest BCUT2D eigenvalue weighted by atomic mass is 16.2. The molecule has 176 valence electrons. The number of nitrogens with zero attached hydrogens (tertiary/aromatic N) is 4. The molecule has 1 aromatic heterocycles. The summed E-state index contributed by atoms with van der Waals surface area (Å²) >= 11 is 0. The maximum absolute atomic E-state index is 13.8. The maximum atomic E-state index is 13.8. The SMILES string of the molecule is CN(C)C(=O)CN1C[C@H](C(=O)c2ccccc2)C(c2nccn2C)[C@@H](C(=O)c2ccccc2)C1. The molecule has 3 aromatic rings. The molecule has 1 fully saturated rings. The van der Waals surface area contributed by atoms with Crippen LogP contribution in [0.25, 0.3) is 0 Å². The summed E-state index contributed by atoms with van der Waals surface area (Å²) in [5, 5.41) is 0. The van der Waals surface area contributed by atoms with E-state index < -0.39 is 17.8 Å². The number of Topliss-reactive ketones (excluding diaryl/α,β-unsaturated/α-hetero) is 2. The molecule has 1 aliphatic heterocycles. The Kier molecular flexibility index (Phi) is 7.03. The van der Waals surface area contributed by atoms with Crippen molar-refractivity contribution in [1.29, 1.82) is 0 Å². The molecule has 2 atom stereocenters. The Hall–Kier alpha value is -3.58. The Balaban J connectivity index is 1.79. The molecule has 0 saturated carbocycles. The van der Waals surface area contributed by atoms with Gasteiger partial charge in [-0.05, 0) is 0 Å². The van der Waals surface area contributed by atoms with Crippen LogP contribution in [-0.4, -0.2) is 70.6 Å². The minimum atomic E-state index is -0.523. The third kappa shape index (κ3) is 4.84. The number of hydrogen-bond acceptors (Lipinski definition) is 5. The van der Waals surface area contributed by atoms with Gasteiger partial charge in [0.25, 0.3) is 0 Å². The Morgan fingerprint density at radius 1 is 0.882 bits per heavy atom. The fourth-order valence-corrected chi connectivity index (χ4v) is 4.78. The third-order valence-electron chi connectivity index (χ3n) is 6.58. The molecule has 2 heterocycles. The molecule has 0 N–H and O–H groups in total. The smallest absolute Gasteiger partial charge is 0.236 e. The molecule has 0 unspecified atom stereocenters. The molecule has 1 amide bonds. The number of likely N-dealkylation sites (N-methyl/N-ethyl adjacent to an activating group) is 1. The van der Waals surface area contributed by atoms with Gasteiger partial charge in [-0.25, -0.2) is 4.98 Å². The zero-order chi connectivity index (χ0) is 24.2. The van der Waals surface area contributed by atoms with Crippen LogP contribution in [-0.2, 0) is 11.8 Å². The second kappa shape index (κ2) is 10.1. The third-order valence-corrected chi connectivity index (χ3v) is 6.58. The second-order valence-electron chi connectivity index (χ2n) is 9.08. The fraction of sp³-hybridized carbons (Fsp3) is 0.333. The van der Waals surface area contributed by atoms with Crippen molar-refractivity contribution < 1.29 is 14.4 Å². The molecule has 0 spiro atoms. The Morgan fingerprint density at radius 3 is 1.79 bits per heavy atom. The van der Waals surface area contributed by atoms with Gasteiger partial charge in [0, 0.05) is 75.5 Å². The Labute approximate surface area is 200 Å². The summed E-state index contributed by atoms with van der Waals surface area (Å²) in [4.78, 5) is 48.2. The largest absolute Gasteiger partial charge is 0.348 e. The molecule has 1 aliphatic rings. The van der Waals surface area contributed by atoms with Crippen LogP contribution in [0.2, 0.25) is 0 Å². The first-order chi connectivity index (χ1) is 16.4. The molecule has 2 aromatic carbocycles. The molecule has 0 bridgehead atoms. The van der Waals surface area contributed by atoms with E-state index in [-0.39, 0.29) is 24.0 Å². The van der Waals surface area contributed by atoms with E-state index in [9.17, 15) is 14.4 Å². The lowest BCUT2D eigenvalue weighted by atomic mass is 9.71. The summed E-state index contributed by atoms with van der Waals surface area (Å²) in [5.74, 6) is -0.891. The van der Waals surface area contributed by atoms with Crippen molar-refractivity contribution in [2.45, 2.75) is 5.92 Å². The van der Waals surface area contributed by atoms with Crippen molar-refractivity contribution in [1.82, 2.24) is 19.4 Å². The van der Waals surface area contributed by atoms with Crippen LogP contribution in [0.5, 0.6) is 0 Å². The lowest BCUT2D eigenvalue weighted by molar-refractivity contribution is -0.130. The summed E-state index contributed by atoms with van der Waals surface area (Å²) in [6.07, 6.45) is 3.54. The molecular weight excluding hydrogens is 428 g/mol. The minimum absolute atomic E-state index is 0.0403. The standard InChI is InChI=1S/C27H30N4O3/c1-29(2)23(32)18-31-16-21(25(33)19-10-6-4-7-11-19)24(27-28-14-15-30(27)3)22(17-31)26(34)20-12-8-5-9-13-20/h4-15,21-22,24H,16-18H2,1-3H3/t21-,22-/m0/s1. The predicted molar refractivity (Wildman–Crippen MR) is 130 cm³/mol. The average molecular weight is 459 g/mol. The van der Waals surface area contributed by atoms with Gasteiger partial charge < -0.3 is 9.47 Å². The van der Waals surface area contributed by atoms with Crippen molar-refractivity contribution in [3.8, 4) is 0 Å². The first-order valence-corrected chi connectivity index (χ1v) is 11.4. The number of aryl methyl sites for hydroxylation is 1. The molecule has 4 rings (SSSR count). The molecule has 0 aliphatic carbocycles. The van der Waals surface area contributed by atoms with Crippen LogP contribution in [0.15, 0.2) is 73.1 Å². The van der Waals surface area contributed by atoms with Crippen LogP contribution < -0.4 is 0 Å². The normalized spacial score (nSPS) is 19.0. The number of carbonyl (C=O) groups is 3. The number of likely N-dealkylation sites (tertiary alicyclic amines) is 1. The van der Waals surface area contributed by atoms with Crippen molar-refractivity contribution >= 4 is 17.5 Å². The molecule has 7 nitrogen and oxygen atoms in total. The summed E-state index contributed by atoms with van der Waals surface area (Å²) in [6.45, 7) is 0.907. The molecule has 0 radical (unpaired) electrons. The second-order valence-corrected chi connectivity index (χ2v) is 9.08. The topological polar surface area (TPSA) is 75.5 Å². The number of rotatable bonds is 7. The lowest BCUT2D eigenvalue weighted by Crippen LogP contribution is -2.53. The highest BCUT2D eigenvalue weighted by Gasteiger charge is 2.46. The van der Waals surface area contributed by atoms with Gasteiger partial charge in [-0.15, -0.1) is 0 Å². The molecule has 7 heteroatoms. The average Bonchev–Trinajstić information content (AvgIpc) is 3.28. The minimum Gasteiger partial charge on any atom is -0.348 e. The number of hydrogen-bond donors (Lipinski definition) is 0. The van der Waals surface area contributed by atoms with E-state index in [0.717, 1.165) is 0 Å². The first kappa shape index (κ1) is 23.6. The van der Waals surface area contributed by atoms with Crippen LogP contribution in [0.3, 0.4) is 0 Å². The van der Waals surface area contributed by atoms with Gasteiger partial charge in [0.15, 0.2) is 11.6 Å². The van der Waals surface area contributed by atoms with Gasteiger partial charge in [0.1, 0.15) is 5.82 Å². The lowest BCUT2D eigenvalue weighted by Gasteiger charge is -2.42. The Morgan fingerprint density at radius 2 is 1.38 bits per heavy atom. The van der Waals surface area contributed by atoms with E-state index in [1.54, 1.807) is 44.6 Å². The monoisotopic (exact) mass is 458 g/mol. The number of aromatic nitrogens is 2. The zero-order valence-electron chi connectivity index (χ0n) is 19.8. The van der Waals surface area contributed by atoms with Crippen molar-refractivity contribution in [2.24, 2.45) is 18.9 Å². The van der Waals surface area contributed by atoms with Crippen LogP contribution in [0.4, 0.5) is 0 Å². The van der Waals surface area contributed by atoms with E-state index in [0.29, 0.717) is 30.0 Å². The van der Waals surface area contributed by atoms with Gasteiger partial charge in [-0.1, -0.05) is 60.7 Å². The van der Waals surface area contributed by atoms with Crippen LogP contribution in [0, 0.1) is 11.8 Å². The summed E-state index contributed by atoms with van der Waals surface area (Å²) in [7, 11) is 5.31. The van der Waals surface area contributed by atoms with E-state index >= 15 is 0 Å². The highest BCUT2D eigenvalue weighted by molar-refractivity contribution is 6.02. The van der Waals surface area contributed by atoms with E-state index in [1.807, 2.05) is 59.1 Å². The fourth-order valence-electron chi connectivity index (χ4n) is 4.78. The van der Waals surface area contributed by atoms with Crippen molar-refractivity contribution in [2.75, 3.05) is 33.7 Å². The summed E-state index contributed by atoms with van der Waals surface area (Å²) in [5.41, 5.74) is 1.19. The maximum Gasteiger partial charge on any atom is 0.236 e. The number of ketones is 2. The van der Waals surface area contributed by atoms with Gasteiger partial charge in [0.05, 0.1) is 6.54 Å². The van der Waals surface area contributed by atoms with Crippen molar-refractivity contribution in [3.05, 3.63) is 90.0 Å². The van der Waals surface area contributed by atoms with Crippen LogP contribution in [0.1, 0.15) is 32.5 Å². The van der Waals surface area contributed by atoms with E-state index in [2.05, 4.69) is 4.98 Å².